The number of benzene rings is 2. The maximum atomic E-state index is 5.26. The van der Waals surface area contributed by atoms with Gasteiger partial charge in [0.25, 0.3) is 0 Å². The summed E-state index contributed by atoms with van der Waals surface area (Å²) in [5.74, 6) is 0.723. The monoisotopic (exact) mass is 358 g/mol. The third kappa shape index (κ3) is 7.48. The van der Waals surface area contributed by atoms with Gasteiger partial charge in [0, 0.05) is 18.5 Å². The maximum Gasteiger partial charge on any atom is 0.192 e. The molecule has 0 radical (unpaired) electrons. The van der Waals surface area contributed by atoms with Gasteiger partial charge in [-0.1, -0.05) is 71.9 Å². The molecule has 25 heavy (non-hydrogen) atoms. The number of hydrogen-bond acceptors (Lipinski definition) is 4. The second-order valence-corrected chi connectivity index (χ2v) is 4.90. The second-order valence-electron chi connectivity index (χ2n) is 4.06. The Balaban J connectivity index is 0.000000357. The molecule has 4 heteroatoms. The van der Waals surface area contributed by atoms with Gasteiger partial charge in [-0.3, -0.25) is 0 Å². The molecular weight excluding hydrogens is 328 g/mol. The van der Waals surface area contributed by atoms with E-state index in [1.807, 2.05) is 91.1 Å². The molecule has 0 saturated heterocycles. The van der Waals surface area contributed by atoms with E-state index in [1.54, 1.807) is 0 Å². The first-order valence-corrected chi connectivity index (χ1v) is 9.72. The summed E-state index contributed by atoms with van der Waals surface area (Å²) in [6, 6.07) is 15.9. The zero-order chi connectivity index (χ0) is 19.1. The lowest BCUT2D eigenvalue weighted by Crippen LogP contribution is -1.65. The molecule has 0 N–H and O–H groups in total. The summed E-state index contributed by atoms with van der Waals surface area (Å²) in [4.78, 5) is 4.15. The quantitative estimate of drug-likeness (QED) is 0.326. The van der Waals surface area contributed by atoms with Crippen molar-refractivity contribution in [3.05, 3.63) is 60.6 Å². The van der Waals surface area contributed by atoms with E-state index in [1.165, 1.54) is 21.6 Å². The first-order valence-electron chi connectivity index (χ1n) is 8.94. The molecule has 0 atom stereocenters. The van der Waals surface area contributed by atoms with Crippen LogP contribution in [0.2, 0.25) is 0 Å². The van der Waals surface area contributed by atoms with E-state index in [-0.39, 0.29) is 0 Å². The number of fused-ring (bicyclic) bond motifs is 2. The highest BCUT2D eigenvalue weighted by Crippen LogP contribution is 2.15. The molecule has 0 aliphatic heterocycles. The first kappa shape index (κ1) is 22.8. The predicted molar refractivity (Wildman–Crippen MR) is 112 cm³/mol. The topological polar surface area (TPSA) is 38.9 Å². The molecule has 0 amide bonds. The number of aromatic nitrogens is 2. The Bertz CT molecular complexity index is 742. The Morgan fingerprint density at radius 3 is 2.04 bits per heavy atom. The van der Waals surface area contributed by atoms with Crippen LogP contribution in [0, 0.1) is 6.92 Å². The number of hydrogen-bond donors (Lipinski definition) is 0. The molecule has 2 heterocycles. The highest BCUT2D eigenvalue weighted by Gasteiger charge is 1.97. The average Bonchev–Trinajstić information content (AvgIpc) is 3.32. The molecule has 0 bridgehead atoms. The molecule has 0 aliphatic carbocycles. The van der Waals surface area contributed by atoms with Crippen LogP contribution < -0.4 is 0 Å². The SMILES string of the molecule is CC.CC.CC.Cc1nc2ccccc2o1.c1ccc2sncc2c1. The number of oxazole rings is 1. The van der Waals surface area contributed by atoms with E-state index in [2.05, 4.69) is 21.5 Å². The molecule has 4 rings (SSSR count). The molecular formula is C21H30N2OS. The summed E-state index contributed by atoms with van der Waals surface area (Å²) < 4.78 is 10.6. The van der Waals surface area contributed by atoms with E-state index in [0.717, 1.165) is 17.0 Å². The van der Waals surface area contributed by atoms with Gasteiger partial charge in [-0.05, 0) is 29.7 Å². The van der Waals surface area contributed by atoms with Crippen molar-refractivity contribution in [2.24, 2.45) is 0 Å². The van der Waals surface area contributed by atoms with Crippen LogP contribution >= 0.6 is 11.5 Å². The lowest BCUT2D eigenvalue weighted by molar-refractivity contribution is 0.561. The van der Waals surface area contributed by atoms with Crippen molar-refractivity contribution >= 4 is 32.7 Å². The number of aryl methyl sites for hydroxylation is 1. The van der Waals surface area contributed by atoms with Crippen LogP contribution in [-0.2, 0) is 0 Å². The summed E-state index contributed by atoms with van der Waals surface area (Å²) >= 11 is 1.54. The van der Waals surface area contributed by atoms with Crippen LogP contribution in [0.3, 0.4) is 0 Å². The Morgan fingerprint density at radius 2 is 1.40 bits per heavy atom. The van der Waals surface area contributed by atoms with Crippen molar-refractivity contribution in [3.63, 3.8) is 0 Å². The van der Waals surface area contributed by atoms with E-state index in [0.29, 0.717) is 0 Å². The lowest BCUT2D eigenvalue weighted by Gasteiger charge is -1.80. The number of para-hydroxylation sites is 2. The maximum absolute atomic E-state index is 5.26. The zero-order valence-corrected chi connectivity index (χ0v) is 17.2. The van der Waals surface area contributed by atoms with E-state index in [4.69, 9.17) is 4.42 Å². The molecule has 0 unspecified atom stereocenters. The molecule has 2 aromatic carbocycles. The lowest BCUT2D eigenvalue weighted by atomic mass is 10.3. The molecule has 2 aromatic heterocycles. The summed E-state index contributed by atoms with van der Waals surface area (Å²) in [6.07, 6.45) is 1.89. The van der Waals surface area contributed by atoms with E-state index < -0.39 is 0 Å². The fourth-order valence-corrected chi connectivity index (χ4v) is 2.44. The normalized spacial score (nSPS) is 8.60. The van der Waals surface area contributed by atoms with Gasteiger partial charge in [-0.2, -0.15) is 4.37 Å². The third-order valence-corrected chi connectivity index (χ3v) is 3.44. The summed E-state index contributed by atoms with van der Waals surface area (Å²) in [7, 11) is 0. The van der Waals surface area contributed by atoms with Crippen molar-refractivity contribution < 1.29 is 4.42 Å². The van der Waals surface area contributed by atoms with Gasteiger partial charge in [0.1, 0.15) is 5.52 Å². The molecule has 0 saturated carbocycles. The Morgan fingerprint density at radius 1 is 0.800 bits per heavy atom. The average molecular weight is 359 g/mol. The minimum atomic E-state index is 0.723. The Labute approximate surface area is 155 Å². The van der Waals surface area contributed by atoms with Crippen molar-refractivity contribution in [2.45, 2.75) is 48.5 Å². The number of nitrogens with zero attached hydrogens (tertiary/aromatic N) is 2. The number of rotatable bonds is 0. The van der Waals surface area contributed by atoms with Crippen LogP contribution in [0.5, 0.6) is 0 Å². The minimum absolute atomic E-state index is 0.723. The summed E-state index contributed by atoms with van der Waals surface area (Å²) in [6.45, 7) is 13.8. The van der Waals surface area contributed by atoms with Crippen LogP contribution in [0.4, 0.5) is 0 Å². The smallest absolute Gasteiger partial charge is 0.192 e. The van der Waals surface area contributed by atoms with Gasteiger partial charge in [0.2, 0.25) is 0 Å². The largest absolute Gasteiger partial charge is 0.441 e. The summed E-state index contributed by atoms with van der Waals surface area (Å²) in [5, 5.41) is 1.24. The van der Waals surface area contributed by atoms with E-state index >= 15 is 0 Å². The van der Waals surface area contributed by atoms with Crippen molar-refractivity contribution in [1.82, 2.24) is 9.36 Å². The van der Waals surface area contributed by atoms with Crippen molar-refractivity contribution in [2.75, 3.05) is 0 Å². The fraction of sp³-hybridized carbons (Fsp3) is 0.333. The van der Waals surface area contributed by atoms with Gasteiger partial charge in [0.15, 0.2) is 11.5 Å². The molecule has 4 aromatic rings. The first-order chi connectivity index (χ1) is 12.3. The standard InChI is InChI=1S/C8H7NO.C7H5NS.3C2H6/c1-6-9-7-4-2-3-5-8(7)10-6;1-2-4-7-6(3-1)5-8-9-7;3*1-2/h2-5H,1H3;1-5H;3*1-2H3. The molecule has 0 spiro atoms. The van der Waals surface area contributed by atoms with Gasteiger partial charge >= 0.3 is 0 Å². The second kappa shape index (κ2) is 14.2. The predicted octanol–water partition coefficient (Wildman–Crippen LogP) is 7.51. The summed E-state index contributed by atoms with van der Waals surface area (Å²) in [5.41, 5.74) is 1.79. The van der Waals surface area contributed by atoms with Crippen molar-refractivity contribution in [1.29, 1.82) is 0 Å². The van der Waals surface area contributed by atoms with Crippen molar-refractivity contribution in [3.8, 4) is 0 Å². The highest BCUT2D eigenvalue weighted by atomic mass is 32.1. The van der Waals surface area contributed by atoms with Crippen LogP contribution in [0.15, 0.2) is 59.1 Å². The van der Waals surface area contributed by atoms with Crippen LogP contribution in [0.1, 0.15) is 47.4 Å². The third-order valence-electron chi connectivity index (χ3n) is 2.66. The van der Waals surface area contributed by atoms with Gasteiger partial charge in [-0.25, -0.2) is 4.98 Å². The van der Waals surface area contributed by atoms with Crippen LogP contribution in [0.25, 0.3) is 21.2 Å². The molecule has 0 fully saturated rings. The highest BCUT2D eigenvalue weighted by molar-refractivity contribution is 7.13. The van der Waals surface area contributed by atoms with Gasteiger partial charge < -0.3 is 4.42 Å². The van der Waals surface area contributed by atoms with E-state index in [9.17, 15) is 0 Å². The minimum Gasteiger partial charge on any atom is -0.441 e. The molecule has 136 valence electrons. The Hall–Kier alpha value is -2.20. The van der Waals surface area contributed by atoms with Crippen LogP contribution in [-0.4, -0.2) is 9.36 Å². The van der Waals surface area contributed by atoms with Gasteiger partial charge in [-0.15, -0.1) is 0 Å². The fourth-order valence-electron chi connectivity index (χ4n) is 1.80. The zero-order valence-electron chi connectivity index (χ0n) is 16.4. The Kier molecular flexibility index (Phi) is 12.9. The molecule has 0 aliphatic rings. The molecule has 3 nitrogen and oxygen atoms in total. The van der Waals surface area contributed by atoms with Gasteiger partial charge in [0.05, 0.1) is 4.70 Å².